The molecule has 0 N–H and O–H groups in total. The van der Waals surface area contributed by atoms with E-state index in [9.17, 15) is 0 Å². The molecule has 0 amide bonds. The van der Waals surface area contributed by atoms with Crippen LogP contribution < -0.4 is 9.64 Å². The normalized spacial score (nSPS) is 24.2. The summed E-state index contributed by atoms with van der Waals surface area (Å²) in [7, 11) is 0. The quantitative estimate of drug-likeness (QED) is 0.698. The van der Waals surface area contributed by atoms with Gasteiger partial charge in [-0.1, -0.05) is 18.2 Å². The van der Waals surface area contributed by atoms with Crippen molar-refractivity contribution in [3.63, 3.8) is 0 Å². The molecule has 172 valence electrons. The summed E-state index contributed by atoms with van der Waals surface area (Å²) in [5.41, 5.74) is 2.57. The smallest absolute Gasteiger partial charge is 0.123 e. The maximum atomic E-state index is 6.44. The largest absolute Gasteiger partial charge is 0.490 e. The van der Waals surface area contributed by atoms with Crippen LogP contribution in [-0.2, 0) is 4.74 Å². The highest BCUT2D eigenvalue weighted by molar-refractivity contribution is 5.41. The standard InChI is InChI=1S/C26H36N4O2/c1-2-6-26(32-24-10-16-31-17-11-24)25(5-1)21-7-13-30(14-8-21)22-4-3-12-29(15-9-22)23-18-27-20-28-19-23/h1-2,5-6,18-22,24H,3-4,7-17H2/t22-/m1/s1. The topological polar surface area (TPSA) is 50.7 Å². The molecule has 0 aliphatic carbocycles. The Labute approximate surface area is 191 Å². The first-order valence-electron chi connectivity index (χ1n) is 12.4. The number of hydrogen-bond acceptors (Lipinski definition) is 6. The van der Waals surface area contributed by atoms with Crippen LogP contribution in [0.5, 0.6) is 5.75 Å². The molecule has 3 fully saturated rings. The molecule has 0 radical (unpaired) electrons. The van der Waals surface area contributed by atoms with Crippen LogP contribution in [0.4, 0.5) is 5.69 Å². The van der Waals surface area contributed by atoms with Crippen molar-refractivity contribution >= 4 is 5.69 Å². The van der Waals surface area contributed by atoms with Crippen LogP contribution in [0.3, 0.4) is 0 Å². The minimum Gasteiger partial charge on any atom is -0.490 e. The van der Waals surface area contributed by atoms with Crippen LogP contribution in [-0.4, -0.2) is 66.4 Å². The van der Waals surface area contributed by atoms with E-state index in [-0.39, 0.29) is 0 Å². The lowest BCUT2D eigenvalue weighted by Gasteiger charge is -2.38. The summed E-state index contributed by atoms with van der Waals surface area (Å²) in [4.78, 5) is 13.6. The van der Waals surface area contributed by atoms with E-state index in [2.05, 4.69) is 44.0 Å². The van der Waals surface area contributed by atoms with Gasteiger partial charge in [0.1, 0.15) is 18.2 Å². The van der Waals surface area contributed by atoms with Gasteiger partial charge in [0, 0.05) is 32.0 Å². The molecule has 3 aliphatic heterocycles. The van der Waals surface area contributed by atoms with E-state index >= 15 is 0 Å². The lowest BCUT2D eigenvalue weighted by atomic mass is 9.87. The van der Waals surface area contributed by atoms with Crippen molar-refractivity contribution < 1.29 is 9.47 Å². The average Bonchev–Trinajstić information content (AvgIpc) is 3.12. The fraction of sp³-hybridized carbons (Fsp3) is 0.615. The van der Waals surface area contributed by atoms with Gasteiger partial charge in [-0.2, -0.15) is 0 Å². The van der Waals surface area contributed by atoms with E-state index in [1.807, 2.05) is 12.4 Å². The van der Waals surface area contributed by atoms with Gasteiger partial charge in [-0.15, -0.1) is 0 Å². The number of anilines is 1. The Hall–Kier alpha value is -2.18. The predicted molar refractivity (Wildman–Crippen MR) is 126 cm³/mol. The number of nitrogens with zero attached hydrogens (tertiary/aromatic N) is 4. The second-order valence-electron chi connectivity index (χ2n) is 9.45. The number of aromatic nitrogens is 2. The van der Waals surface area contributed by atoms with Crippen molar-refractivity contribution in [2.75, 3.05) is 44.3 Å². The van der Waals surface area contributed by atoms with E-state index in [1.54, 1.807) is 6.33 Å². The first kappa shape index (κ1) is 21.7. The second kappa shape index (κ2) is 10.6. The van der Waals surface area contributed by atoms with Crippen LogP contribution in [0.25, 0.3) is 0 Å². The second-order valence-corrected chi connectivity index (χ2v) is 9.45. The molecule has 3 saturated heterocycles. The predicted octanol–water partition coefficient (Wildman–Crippen LogP) is 4.27. The van der Waals surface area contributed by atoms with E-state index in [0.717, 1.165) is 50.6 Å². The van der Waals surface area contributed by atoms with Gasteiger partial charge in [-0.05, 0) is 62.7 Å². The van der Waals surface area contributed by atoms with Gasteiger partial charge in [-0.25, -0.2) is 9.97 Å². The molecule has 1 atom stereocenters. The fourth-order valence-electron chi connectivity index (χ4n) is 5.63. The maximum absolute atomic E-state index is 6.44. The summed E-state index contributed by atoms with van der Waals surface area (Å²) in [6.07, 6.45) is 14.0. The van der Waals surface area contributed by atoms with Gasteiger partial charge in [0.05, 0.1) is 31.3 Å². The Morgan fingerprint density at radius 1 is 0.844 bits per heavy atom. The third-order valence-corrected chi connectivity index (χ3v) is 7.48. The number of benzene rings is 1. The highest BCUT2D eigenvalue weighted by Gasteiger charge is 2.29. The number of para-hydroxylation sites is 1. The van der Waals surface area contributed by atoms with E-state index < -0.39 is 0 Å². The van der Waals surface area contributed by atoms with Crippen LogP contribution >= 0.6 is 0 Å². The van der Waals surface area contributed by atoms with Gasteiger partial charge >= 0.3 is 0 Å². The van der Waals surface area contributed by atoms with Gasteiger partial charge in [0.15, 0.2) is 0 Å². The molecule has 32 heavy (non-hydrogen) atoms. The van der Waals surface area contributed by atoms with Gasteiger partial charge in [0.2, 0.25) is 0 Å². The van der Waals surface area contributed by atoms with Crippen molar-refractivity contribution in [1.82, 2.24) is 14.9 Å². The zero-order valence-corrected chi connectivity index (χ0v) is 19.1. The molecule has 2 aromatic rings. The molecule has 5 rings (SSSR count). The zero-order chi connectivity index (χ0) is 21.6. The number of piperidine rings is 1. The lowest BCUT2D eigenvalue weighted by molar-refractivity contribution is 0.0248. The fourth-order valence-corrected chi connectivity index (χ4v) is 5.63. The molecule has 0 saturated carbocycles. The molecule has 6 heteroatoms. The highest BCUT2D eigenvalue weighted by Crippen LogP contribution is 2.36. The van der Waals surface area contributed by atoms with Crippen LogP contribution in [0.2, 0.25) is 0 Å². The first-order valence-corrected chi connectivity index (χ1v) is 12.4. The van der Waals surface area contributed by atoms with Crippen LogP contribution in [0.15, 0.2) is 43.0 Å². The SMILES string of the molecule is c1ccc(C2CCN([C@@H]3CCCN(c4cncnc4)CC3)CC2)c(OC2CCOCC2)c1. The number of rotatable bonds is 5. The van der Waals surface area contributed by atoms with Crippen molar-refractivity contribution in [1.29, 1.82) is 0 Å². The molecule has 4 heterocycles. The van der Waals surface area contributed by atoms with E-state index in [1.165, 1.54) is 50.8 Å². The lowest BCUT2D eigenvalue weighted by Crippen LogP contribution is -2.41. The van der Waals surface area contributed by atoms with Gasteiger partial charge < -0.3 is 19.3 Å². The minimum atomic E-state index is 0.300. The molecule has 3 aliphatic rings. The number of ether oxygens (including phenoxy) is 2. The Balaban J connectivity index is 1.16. The first-order chi connectivity index (χ1) is 15.9. The Bertz CT molecular complexity index is 835. The van der Waals surface area contributed by atoms with Crippen molar-refractivity contribution in [2.24, 2.45) is 0 Å². The zero-order valence-electron chi connectivity index (χ0n) is 19.1. The van der Waals surface area contributed by atoms with Crippen LogP contribution in [0, 0.1) is 0 Å². The number of likely N-dealkylation sites (tertiary alicyclic amines) is 1. The summed E-state index contributed by atoms with van der Waals surface area (Å²) < 4.78 is 11.9. The summed E-state index contributed by atoms with van der Waals surface area (Å²) in [5.74, 6) is 1.71. The summed E-state index contributed by atoms with van der Waals surface area (Å²) in [5, 5.41) is 0. The molecule has 1 aromatic carbocycles. The molecule has 0 spiro atoms. The molecule has 1 aromatic heterocycles. The Morgan fingerprint density at radius 3 is 2.44 bits per heavy atom. The van der Waals surface area contributed by atoms with Crippen molar-refractivity contribution in [3.8, 4) is 5.75 Å². The van der Waals surface area contributed by atoms with Gasteiger partial charge in [-0.3, -0.25) is 0 Å². The maximum Gasteiger partial charge on any atom is 0.123 e. The monoisotopic (exact) mass is 436 g/mol. The van der Waals surface area contributed by atoms with Crippen molar-refractivity contribution in [3.05, 3.63) is 48.5 Å². The van der Waals surface area contributed by atoms with Gasteiger partial charge in [0.25, 0.3) is 0 Å². The van der Waals surface area contributed by atoms with E-state index in [0.29, 0.717) is 18.1 Å². The third kappa shape index (κ3) is 5.24. The highest BCUT2D eigenvalue weighted by atomic mass is 16.5. The minimum absolute atomic E-state index is 0.300. The van der Waals surface area contributed by atoms with Crippen molar-refractivity contribution in [2.45, 2.75) is 63.0 Å². The Morgan fingerprint density at radius 2 is 1.62 bits per heavy atom. The third-order valence-electron chi connectivity index (χ3n) is 7.48. The van der Waals surface area contributed by atoms with Crippen LogP contribution in [0.1, 0.15) is 56.4 Å². The summed E-state index contributed by atoms with van der Waals surface area (Å²) in [6.45, 7) is 6.23. The molecular weight excluding hydrogens is 400 g/mol. The Kier molecular flexibility index (Phi) is 7.19. The summed E-state index contributed by atoms with van der Waals surface area (Å²) in [6, 6.07) is 9.44. The van der Waals surface area contributed by atoms with E-state index in [4.69, 9.17) is 9.47 Å². The molecule has 6 nitrogen and oxygen atoms in total. The number of hydrogen-bond donors (Lipinski definition) is 0. The summed E-state index contributed by atoms with van der Waals surface area (Å²) >= 11 is 0. The molecule has 0 unspecified atom stereocenters. The molecular formula is C26H36N4O2. The average molecular weight is 437 g/mol. The molecule has 0 bridgehead atoms.